The van der Waals surface area contributed by atoms with Crippen LogP contribution in [-0.2, 0) is 17.8 Å². The molecule has 104 valence electrons. The maximum absolute atomic E-state index is 12.0. The average molecular weight is 335 g/mol. The molecule has 0 aliphatic heterocycles. The van der Waals surface area contributed by atoms with Gasteiger partial charge in [-0.1, -0.05) is 24.3 Å². The third-order valence-corrected chi connectivity index (χ3v) is 4.51. The Kier molecular flexibility index (Phi) is 3.72. The molecule has 1 N–H and O–H groups in total. The predicted molar refractivity (Wildman–Crippen MR) is 79.9 cm³/mol. The number of H-pyrrole nitrogens is 1. The van der Waals surface area contributed by atoms with Gasteiger partial charge in [-0.2, -0.15) is 0 Å². The molecule has 0 radical (unpaired) electrons. The molecule has 2 aromatic rings. The third-order valence-electron chi connectivity index (χ3n) is 3.69. The molecular weight excluding hydrogens is 320 g/mol. The monoisotopic (exact) mass is 334 g/mol. The van der Waals surface area contributed by atoms with Crippen LogP contribution in [0.1, 0.15) is 35.0 Å². The van der Waals surface area contributed by atoms with Crippen LogP contribution in [0, 0.1) is 0 Å². The van der Waals surface area contributed by atoms with E-state index in [1.54, 1.807) is 7.11 Å². The highest BCUT2D eigenvalue weighted by molar-refractivity contribution is 9.10. The maximum Gasteiger partial charge on any atom is 0.265 e. The summed E-state index contributed by atoms with van der Waals surface area (Å²) in [4.78, 5) is 19.5. The van der Waals surface area contributed by atoms with Gasteiger partial charge in [-0.25, -0.2) is 4.98 Å². The van der Waals surface area contributed by atoms with Crippen molar-refractivity contribution in [2.24, 2.45) is 0 Å². The predicted octanol–water partition coefficient (Wildman–Crippen LogP) is 2.76. The minimum Gasteiger partial charge on any atom is -0.378 e. The van der Waals surface area contributed by atoms with Crippen molar-refractivity contribution in [3.8, 4) is 0 Å². The molecule has 0 amide bonds. The fraction of sp³-hybridized carbons (Fsp3) is 0.333. The number of aryl methyl sites for hydroxylation is 1. The van der Waals surface area contributed by atoms with Crippen LogP contribution in [0.15, 0.2) is 33.5 Å². The summed E-state index contributed by atoms with van der Waals surface area (Å²) in [7, 11) is 1.60. The average Bonchev–Trinajstić information content (AvgIpc) is 2.88. The lowest BCUT2D eigenvalue weighted by molar-refractivity contribution is 0.180. The summed E-state index contributed by atoms with van der Waals surface area (Å²) in [6.07, 6.45) is 2.01. The Bertz CT molecular complexity index is 697. The number of aromatic amines is 1. The Hall–Kier alpha value is -1.46. The zero-order chi connectivity index (χ0) is 14.1. The summed E-state index contributed by atoms with van der Waals surface area (Å²) < 4.78 is 5.56. The molecule has 1 atom stereocenters. The second-order valence-corrected chi connectivity index (χ2v) is 5.73. The number of nitrogens with one attached hydrogen (secondary N) is 1. The smallest absolute Gasteiger partial charge is 0.265 e. The lowest BCUT2D eigenvalue weighted by Crippen LogP contribution is -2.18. The summed E-state index contributed by atoms with van der Waals surface area (Å²) in [5.41, 5.74) is 3.11. The van der Waals surface area contributed by atoms with Crippen LogP contribution in [0.2, 0.25) is 0 Å². The van der Waals surface area contributed by atoms with Gasteiger partial charge in [-0.3, -0.25) is 4.79 Å². The zero-order valence-electron chi connectivity index (χ0n) is 11.1. The van der Waals surface area contributed by atoms with E-state index < -0.39 is 0 Å². The molecule has 1 aromatic carbocycles. The molecule has 20 heavy (non-hydrogen) atoms. The molecule has 1 aliphatic rings. The van der Waals surface area contributed by atoms with Crippen molar-refractivity contribution in [1.82, 2.24) is 9.97 Å². The number of hydrogen-bond acceptors (Lipinski definition) is 3. The second-order valence-electron chi connectivity index (χ2n) is 4.93. The quantitative estimate of drug-likeness (QED) is 0.938. The molecular formula is C15H15BrN2O2. The first-order valence-electron chi connectivity index (χ1n) is 6.56. The number of methoxy groups -OCH3 is 1. The van der Waals surface area contributed by atoms with Gasteiger partial charge < -0.3 is 9.72 Å². The number of fused-ring (bicyclic) bond motifs is 1. The molecule has 0 spiro atoms. The van der Waals surface area contributed by atoms with Crippen LogP contribution in [-0.4, -0.2) is 17.1 Å². The summed E-state index contributed by atoms with van der Waals surface area (Å²) >= 11 is 3.27. The van der Waals surface area contributed by atoms with E-state index in [0.717, 1.165) is 18.7 Å². The van der Waals surface area contributed by atoms with Gasteiger partial charge in [0.05, 0.1) is 12.3 Å². The van der Waals surface area contributed by atoms with E-state index in [0.29, 0.717) is 16.8 Å². The third kappa shape index (κ3) is 2.31. The second kappa shape index (κ2) is 5.50. The minimum absolute atomic E-state index is 0.147. The first-order chi connectivity index (χ1) is 9.70. The molecule has 5 heteroatoms. The fourth-order valence-corrected chi connectivity index (χ4v) is 3.07. The molecule has 0 saturated carbocycles. The van der Waals surface area contributed by atoms with E-state index in [-0.39, 0.29) is 11.5 Å². The van der Waals surface area contributed by atoms with Gasteiger partial charge >= 0.3 is 0 Å². The topological polar surface area (TPSA) is 55.0 Å². The molecule has 0 saturated heterocycles. The summed E-state index contributed by atoms with van der Waals surface area (Å²) in [6, 6.07) is 8.34. The van der Waals surface area contributed by atoms with Gasteiger partial charge in [0.2, 0.25) is 0 Å². The largest absolute Gasteiger partial charge is 0.378 e. The van der Waals surface area contributed by atoms with E-state index in [4.69, 9.17) is 4.74 Å². The molecule has 3 rings (SSSR count). The van der Waals surface area contributed by atoms with Crippen molar-refractivity contribution in [1.29, 1.82) is 0 Å². The Morgan fingerprint density at radius 1 is 1.45 bits per heavy atom. The van der Waals surface area contributed by atoms with Gasteiger partial charge in [-0.15, -0.1) is 0 Å². The van der Waals surface area contributed by atoms with Crippen molar-refractivity contribution in [2.45, 2.75) is 25.4 Å². The van der Waals surface area contributed by atoms with Crippen LogP contribution in [0.4, 0.5) is 0 Å². The molecule has 1 heterocycles. The van der Waals surface area contributed by atoms with Crippen molar-refractivity contribution in [2.75, 3.05) is 7.11 Å². The first kappa shape index (κ1) is 13.5. The van der Waals surface area contributed by atoms with Crippen LogP contribution < -0.4 is 5.56 Å². The molecule has 1 aliphatic carbocycles. The normalized spacial score (nSPS) is 17.2. The number of rotatable bonds is 3. The summed E-state index contributed by atoms with van der Waals surface area (Å²) in [5.74, 6) is 0.901. The number of halogens is 1. The van der Waals surface area contributed by atoms with E-state index in [1.807, 2.05) is 6.07 Å². The number of hydrogen-bond donors (Lipinski definition) is 1. The van der Waals surface area contributed by atoms with Crippen molar-refractivity contribution in [3.63, 3.8) is 0 Å². The lowest BCUT2D eigenvalue weighted by Gasteiger charge is -2.12. The Morgan fingerprint density at radius 2 is 2.25 bits per heavy atom. The van der Waals surface area contributed by atoms with Crippen LogP contribution in [0.3, 0.4) is 0 Å². The highest BCUT2D eigenvalue weighted by atomic mass is 79.9. The SMILES string of the molecule is COCc1nc(C2CCc3ccccc32)[nH]c(=O)c1Br. The number of nitrogens with zero attached hydrogens (tertiary/aromatic N) is 1. The van der Waals surface area contributed by atoms with E-state index >= 15 is 0 Å². The van der Waals surface area contributed by atoms with Crippen molar-refractivity contribution in [3.05, 3.63) is 61.7 Å². The van der Waals surface area contributed by atoms with Crippen LogP contribution in [0.5, 0.6) is 0 Å². The van der Waals surface area contributed by atoms with Crippen molar-refractivity contribution < 1.29 is 4.74 Å². The number of aromatic nitrogens is 2. The Labute approximate surface area is 125 Å². The van der Waals surface area contributed by atoms with Gasteiger partial charge in [0, 0.05) is 13.0 Å². The van der Waals surface area contributed by atoms with Crippen LogP contribution >= 0.6 is 15.9 Å². The number of benzene rings is 1. The molecule has 0 bridgehead atoms. The lowest BCUT2D eigenvalue weighted by atomic mass is 10.0. The van der Waals surface area contributed by atoms with E-state index in [2.05, 4.69) is 44.1 Å². The standard InChI is InChI=1S/C15H15BrN2O2/c1-20-8-12-13(16)15(19)18-14(17-12)11-7-6-9-4-2-3-5-10(9)11/h2-5,11H,6-8H2,1H3,(H,17,18,19). The Balaban J connectivity index is 2.06. The molecule has 1 aromatic heterocycles. The van der Waals surface area contributed by atoms with Gasteiger partial charge in [0.25, 0.3) is 5.56 Å². The minimum atomic E-state index is -0.147. The highest BCUT2D eigenvalue weighted by Crippen LogP contribution is 2.36. The van der Waals surface area contributed by atoms with E-state index in [1.165, 1.54) is 11.1 Å². The van der Waals surface area contributed by atoms with Gasteiger partial charge in [0.15, 0.2) is 0 Å². The fourth-order valence-electron chi connectivity index (χ4n) is 2.76. The first-order valence-corrected chi connectivity index (χ1v) is 7.35. The highest BCUT2D eigenvalue weighted by Gasteiger charge is 2.26. The molecule has 1 unspecified atom stereocenters. The summed E-state index contributed by atoms with van der Waals surface area (Å²) in [5, 5.41) is 0. The van der Waals surface area contributed by atoms with E-state index in [9.17, 15) is 4.79 Å². The molecule has 0 fully saturated rings. The van der Waals surface area contributed by atoms with Gasteiger partial charge in [-0.05, 0) is 39.9 Å². The summed E-state index contributed by atoms with van der Waals surface area (Å²) in [6.45, 7) is 0.325. The molecule has 4 nitrogen and oxygen atoms in total. The number of ether oxygens (including phenoxy) is 1. The van der Waals surface area contributed by atoms with Crippen molar-refractivity contribution >= 4 is 15.9 Å². The Morgan fingerprint density at radius 3 is 3.05 bits per heavy atom. The maximum atomic E-state index is 12.0. The van der Waals surface area contributed by atoms with Gasteiger partial charge in [0.1, 0.15) is 10.3 Å². The van der Waals surface area contributed by atoms with Crippen LogP contribution in [0.25, 0.3) is 0 Å². The zero-order valence-corrected chi connectivity index (χ0v) is 12.7.